The highest BCUT2D eigenvalue weighted by Crippen LogP contribution is 2.07. The molecule has 0 aromatic rings. The van der Waals surface area contributed by atoms with Crippen molar-refractivity contribution in [1.82, 2.24) is 0 Å². The molecule has 0 aromatic heterocycles. The quantitative estimate of drug-likeness (QED) is 0.643. The molecule has 1 rings (SSSR count). The Labute approximate surface area is 108 Å². The second kappa shape index (κ2) is 10.4. The summed E-state index contributed by atoms with van der Waals surface area (Å²) < 4.78 is 6.12. The Morgan fingerprint density at radius 2 is 1.65 bits per heavy atom. The molecule has 17 heavy (non-hydrogen) atoms. The van der Waals surface area contributed by atoms with Crippen LogP contribution in [0.25, 0.3) is 0 Å². The van der Waals surface area contributed by atoms with E-state index in [1.165, 1.54) is 43.5 Å². The number of nitrogens with zero attached hydrogens (tertiary/aromatic N) is 1. The molecule has 1 heterocycles. The van der Waals surface area contributed by atoms with Crippen LogP contribution in [0, 0.1) is 0 Å². The van der Waals surface area contributed by atoms with Gasteiger partial charge in [-0.2, -0.15) is 0 Å². The number of allylic oxidation sites excluding steroid dienone is 2. The molecular formula is C15H30NO+. The summed E-state index contributed by atoms with van der Waals surface area (Å²) in [5.41, 5.74) is 0. The Hall–Kier alpha value is -0.760. The Bertz CT molecular complexity index is 197. The minimum atomic E-state index is 0.733. The summed E-state index contributed by atoms with van der Waals surface area (Å²) in [4.78, 5) is 0. The molecule has 0 amide bonds. The molecule has 100 valence electrons. The zero-order valence-electron chi connectivity index (χ0n) is 12.1. The van der Waals surface area contributed by atoms with E-state index in [4.69, 9.17) is 4.74 Å². The molecule has 0 spiro atoms. The molecule has 0 atom stereocenters. The van der Waals surface area contributed by atoms with Crippen molar-refractivity contribution in [2.45, 2.75) is 40.5 Å². The minimum Gasteiger partial charge on any atom is -0.497 e. The maximum absolute atomic E-state index is 4.80. The Balaban J connectivity index is 0.000000354. The first-order valence-electron chi connectivity index (χ1n) is 7.03. The zero-order chi connectivity index (χ0) is 13.0. The van der Waals surface area contributed by atoms with Crippen molar-refractivity contribution < 1.29 is 9.22 Å². The molecule has 0 N–H and O–H groups in total. The van der Waals surface area contributed by atoms with Crippen LogP contribution in [-0.4, -0.2) is 37.3 Å². The monoisotopic (exact) mass is 240 g/mol. The number of ether oxygens (including phenoxy) is 1. The highest BCUT2D eigenvalue weighted by molar-refractivity contribution is 5.02. The van der Waals surface area contributed by atoms with Gasteiger partial charge >= 0.3 is 0 Å². The third-order valence-corrected chi connectivity index (χ3v) is 3.61. The lowest BCUT2D eigenvalue weighted by Gasteiger charge is -2.35. The Morgan fingerprint density at radius 3 is 1.88 bits per heavy atom. The van der Waals surface area contributed by atoms with Gasteiger partial charge in [0.15, 0.2) is 0 Å². The number of hydrogen-bond acceptors (Lipinski definition) is 1. The highest BCUT2D eigenvalue weighted by atomic mass is 16.5. The van der Waals surface area contributed by atoms with E-state index in [1.54, 1.807) is 6.26 Å². The third kappa shape index (κ3) is 7.22. The summed E-state index contributed by atoms with van der Waals surface area (Å²) in [6.07, 6.45) is 10.2. The van der Waals surface area contributed by atoms with Gasteiger partial charge in [-0.25, -0.2) is 0 Å². The number of rotatable bonds is 6. The number of quaternary nitrogens is 1. The smallest absolute Gasteiger partial charge is 0.106 e. The van der Waals surface area contributed by atoms with E-state index in [9.17, 15) is 0 Å². The van der Waals surface area contributed by atoms with Crippen LogP contribution in [0.5, 0.6) is 0 Å². The van der Waals surface area contributed by atoms with Crippen molar-refractivity contribution >= 4 is 0 Å². The van der Waals surface area contributed by atoms with Gasteiger partial charge in [-0.15, -0.1) is 0 Å². The lowest BCUT2D eigenvalue weighted by Crippen LogP contribution is -2.48. The molecule has 0 fully saturated rings. The molecule has 0 radical (unpaired) electrons. The molecule has 2 nitrogen and oxygen atoms in total. The van der Waals surface area contributed by atoms with Crippen molar-refractivity contribution in [3.05, 3.63) is 24.5 Å². The Morgan fingerprint density at radius 1 is 1.00 bits per heavy atom. The fourth-order valence-electron chi connectivity index (χ4n) is 1.98. The van der Waals surface area contributed by atoms with Gasteiger partial charge in [0.25, 0.3) is 0 Å². The van der Waals surface area contributed by atoms with Gasteiger partial charge in [-0.3, -0.25) is 0 Å². The minimum absolute atomic E-state index is 0.733. The highest BCUT2D eigenvalue weighted by Gasteiger charge is 2.18. The number of unbranched alkanes of at least 4 members (excludes halogenated alkanes) is 1. The molecule has 0 aromatic carbocycles. The maximum atomic E-state index is 4.80. The predicted molar refractivity (Wildman–Crippen MR) is 75.9 cm³/mol. The van der Waals surface area contributed by atoms with Gasteiger partial charge in [-0.1, -0.05) is 19.4 Å². The van der Waals surface area contributed by atoms with Gasteiger partial charge in [-0.05, 0) is 39.3 Å². The average Bonchev–Trinajstić information content (AvgIpc) is 2.44. The van der Waals surface area contributed by atoms with E-state index < -0.39 is 0 Å². The third-order valence-electron chi connectivity index (χ3n) is 3.61. The van der Waals surface area contributed by atoms with Crippen LogP contribution in [0.4, 0.5) is 0 Å². The summed E-state index contributed by atoms with van der Waals surface area (Å²) in [7, 11) is 0. The van der Waals surface area contributed by atoms with E-state index in [0.29, 0.717) is 0 Å². The maximum Gasteiger partial charge on any atom is 0.106 e. The van der Waals surface area contributed by atoms with Gasteiger partial charge < -0.3 is 9.22 Å². The molecule has 2 heteroatoms. The summed E-state index contributed by atoms with van der Waals surface area (Å²) in [6, 6.07) is 0. The van der Waals surface area contributed by atoms with Gasteiger partial charge in [0.05, 0.1) is 32.4 Å². The lowest BCUT2D eigenvalue weighted by molar-refractivity contribution is -0.923. The van der Waals surface area contributed by atoms with Crippen molar-refractivity contribution in [1.29, 1.82) is 0 Å². The van der Waals surface area contributed by atoms with Crippen molar-refractivity contribution in [3.8, 4) is 0 Å². The van der Waals surface area contributed by atoms with E-state index >= 15 is 0 Å². The average molecular weight is 240 g/mol. The van der Waals surface area contributed by atoms with Crippen LogP contribution in [0.3, 0.4) is 0 Å². The van der Waals surface area contributed by atoms with Crippen LogP contribution in [0.15, 0.2) is 24.5 Å². The van der Waals surface area contributed by atoms with Crippen LogP contribution in [0.1, 0.15) is 40.5 Å². The Kier molecular flexibility index (Phi) is 9.93. The second-order valence-electron chi connectivity index (χ2n) is 4.46. The summed E-state index contributed by atoms with van der Waals surface area (Å²) in [5.74, 6) is 0. The van der Waals surface area contributed by atoms with Crippen molar-refractivity contribution in [3.63, 3.8) is 0 Å². The number of hydrogen-bond donors (Lipinski definition) is 0. The normalized spacial score (nSPS) is 13.9. The standard InChI is InChI=1S/C10H24N.C5H6O/c1-5-9-10-11(6-2,7-3)8-4;1-2-4-6-5-3-1/h5-10H2,1-4H3;1-4H,5H2/q+1;. The topological polar surface area (TPSA) is 9.23 Å². The van der Waals surface area contributed by atoms with Crippen LogP contribution in [0.2, 0.25) is 0 Å². The van der Waals surface area contributed by atoms with E-state index in [1.807, 2.05) is 18.2 Å². The van der Waals surface area contributed by atoms with Crippen molar-refractivity contribution in [2.75, 3.05) is 32.8 Å². The summed E-state index contributed by atoms with van der Waals surface area (Å²) >= 11 is 0. The van der Waals surface area contributed by atoms with Gasteiger partial charge in [0.2, 0.25) is 0 Å². The fourth-order valence-corrected chi connectivity index (χ4v) is 1.98. The molecule has 0 bridgehead atoms. The first kappa shape index (κ1) is 16.2. The van der Waals surface area contributed by atoms with E-state index in [-0.39, 0.29) is 0 Å². The van der Waals surface area contributed by atoms with Gasteiger partial charge in [0.1, 0.15) is 6.61 Å². The SMILES string of the molecule is C1=CCOC=C1.CCCC[N+](CC)(CC)CC. The second-order valence-corrected chi connectivity index (χ2v) is 4.46. The lowest BCUT2D eigenvalue weighted by atomic mass is 10.2. The summed E-state index contributed by atoms with van der Waals surface area (Å²) in [5, 5.41) is 0. The molecule has 1 aliphatic rings. The fraction of sp³-hybridized carbons (Fsp3) is 0.733. The van der Waals surface area contributed by atoms with E-state index in [0.717, 1.165) is 6.61 Å². The summed E-state index contributed by atoms with van der Waals surface area (Å²) in [6.45, 7) is 15.2. The molecule has 0 saturated heterocycles. The molecule has 0 unspecified atom stereocenters. The largest absolute Gasteiger partial charge is 0.497 e. The van der Waals surface area contributed by atoms with Crippen molar-refractivity contribution in [2.24, 2.45) is 0 Å². The van der Waals surface area contributed by atoms with Crippen LogP contribution in [-0.2, 0) is 4.74 Å². The van der Waals surface area contributed by atoms with Crippen LogP contribution >= 0.6 is 0 Å². The first-order chi connectivity index (χ1) is 8.24. The molecule has 1 aliphatic heterocycles. The molecule has 0 aliphatic carbocycles. The van der Waals surface area contributed by atoms with Gasteiger partial charge in [0, 0.05) is 0 Å². The predicted octanol–water partition coefficient (Wildman–Crippen LogP) is 3.75. The zero-order valence-corrected chi connectivity index (χ0v) is 12.1. The molecule has 0 saturated carbocycles. The van der Waals surface area contributed by atoms with Crippen LogP contribution < -0.4 is 0 Å². The van der Waals surface area contributed by atoms with E-state index in [2.05, 4.69) is 27.7 Å². The first-order valence-corrected chi connectivity index (χ1v) is 7.03. The molecular weight excluding hydrogens is 210 g/mol.